The number of Topliss-reactive ketones (excluding diaryl/α,β-unsaturated/α-hetero) is 1. The summed E-state index contributed by atoms with van der Waals surface area (Å²) in [6.07, 6.45) is 0.561. The van der Waals surface area contributed by atoms with Gasteiger partial charge in [0.1, 0.15) is 5.58 Å². The summed E-state index contributed by atoms with van der Waals surface area (Å²) in [4.78, 5) is 36.0. The Morgan fingerprint density at radius 3 is 2.68 bits per heavy atom. The fraction of sp³-hybridized carbons (Fsp3) is 0.227. The zero-order valence-electron chi connectivity index (χ0n) is 15.9. The van der Waals surface area contributed by atoms with Gasteiger partial charge in [-0.15, -0.1) is 0 Å². The third-order valence-electron chi connectivity index (χ3n) is 4.36. The number of furan rings is 1. The van der Waals surface area contributed by atoms with Crippen LogP contribution in [-0.2, 0) is 20.7 Å². The van der Waals surface area contributed by atoms with Gasteiger partial charge in [-0.2, -0.15) is 0 Å². The molecule has 0 saturated heterocycles. The molecule has 0 aliphatic rings. The van der Waals surface area contributed by atoms with Gasteiger partial charge in [0.25, 0.3) is 5.91 Å². The van der Waals surface area contributed by atoms with E-state index in [9.17, 15) is 14.4 Å². The number of ether oxygens (including phenoxy) is 1. The second-order valence-electron chi connectivity index (χ2n) is 6.70. The summed E-state index contributed by atoms with van der Waals surface area (Å²) in [5.74, 6) is -1.09. The van der Waals surface area contributed by atoms with Crippen LogP contribution in [0.15, 0.2) is 53.1 Å². The lowest BCUT2D eigenvalue weighted by Gasteiger charge is -2.13. The van der Waals surface area contributed by atoms with Gasteiger partial charge in [-0.05, 0) is 44.5 Å². The molecule has 1 aromatic heterocycles. The molecule has 0 unspecified atom stereocenters. The van der Waals surface area contributed by atoms with Gasteiger partial charge in [0.05, 0.1) is 12.7 Å². The van der Waals surface area contributed by atoms with Gasteiger partial charge in [0.2, 0.25) is 0 Å². The average molecular weight is 379 g/mol. The van der Waals surface area contributed by atoms with E-state index in [0.29, 0.717) is 22.4 Å². The fourth-order valence-electron chi connectivity index (χ4n) is 2.84. The second kappa shape index (κ2) is 8.08. The molecule has 0 bridgehead atoms. The normalized spacial score (nSPS) is 11.8. The van der Waals surface area contributed by atoms with Crippen LogP contribution in [0.4, 0.5) is 5.69 Å². The SMILES string of the molecule is CC(=O)c1cccc(NC(=O)[C@H](C)OC(=O)Cc2coc3cc(C)ccc23)c1. The Morgan fingerprint density at radius 2 is 1.93 bits per heavy atom. The Hall–Kier alpha value is -3.41. The quantitative estimate of drug-likeness (QED) is 0.516. The molecule has 0 spiro atoms. The van der Waals surface area contributed by atoms with Gasteiger partial charge in [-0.1, -0.05) is 24.3 Å². The number of benzene rings is 2. The molecule has 28 heavy (non-hydrogen) atoms. The molecule has 1 atom stereocenters. The van der Waals surface area contributed by atoms with Crippen molar-refractivity contribution in [3.8, 4) is 0 Å². The number of aryl methyl sites for hydroxylation is 1. The Morgan fingerprint density at radius 1 is 1.14 bits per heavy atom. The van der Waals surface area contributed by atoms with Crippen molar-refractivity contribution in [3.05, 3.63) is 65.4 Å². The van der Waals surface area contributed by atoms with E-state index in [1.54, 1.807) is 24.3 Å². The van der Waals surface area contributed by atoms with Crippen molar-refractivity contribution in [2.24, 2.45) is 0 Å². The predicted octanol–water partition coefficient (Wildman–Crippen LogP) is 4.06. The highest BCUT2D eigenvalue weighted by Gasteiger charge is 2.20. The van der Waals surface area contributed by atoms with Crippen LogP contribution < -0.4 is 5.32 Å². The summed E-state index contributed by atoms with van der Waals surface area (Å²) in [7, 11) is 0. The van der Waals surface area contributed by atoms with E-state index in [1.165, 1.54) is 20.1 Å². The number of fused-ring (bicyclic) bond motifs is 1. The van der Waals surface area contributed by atoms with Crippen molar-refractivity contribution in [1.29, 1.82) is 0 Å². The number of amides is 1. The zero-order chi connectivity index (χ0) is 20.3. The molecule has 0 radical (unpaired) electrons. The number of ketones is 1. The van der Waals surface area contributed by atoms with E-state index >= 15 is 0 Å². The fourth-order valence-corrected chi connectivity index (χ4v) is 2.84. The molecule has 0 aliphatic heterocycles. The number of esters is 1. The lowest BCUT2D eigenvalue weighted by Crippen LogP contribution is -2.30. The number of carbonyl (C=O) groups excluding carboxylic acids is 3. The van der Waals surface area contributed by atoms with Crippen molar-refractivity contribution in [2.75, 3.05) is 5.32 Å². The number of hydrogen-bond donors (Lipinski definition) is 1. The monoisotopic (exact) mass is 379 g/mol. The van der Waals surface area contributed by atoms with E-state index in [-0.39, 0.29) is 12.2 Å². The Kier molecular flexibility index (Phi) is 5.59. The number of carbonyl (C=O) groups is 3. The first-order valence-corrected chi connectivity index (χ1v) is 8.91. The average Bonchev–Trinajstić information content (AvgIpc) is 3.03. The molecule has 0 fully saturated rings. The smallest absolute Gasteiger partial charge is 0.311 e. The first-order chi connectivity index (χ1) is 13.3. The molecule has 1 heterocycles. The third-order valence-corrected chi connectivity index (χ3v) is 4.36. The number of nitrogens with one attached hydrogen (secondary N) is 1. The molecule has 2 aromatic carbocycles. The Balaban J connectivity index is 1.61. The summed E-state index contributed by atoms with van der Waals surface area (Å²) in [6.45, 7) is 4.91. The van der Waals surface area contributed by atoms with Crippen molar-refractivity contribution in [1.82, 2.24) is 0 Å². The highest BCUT2D eigenvalue weighted by atomic mass is 16.5. The third kappa shape index (κ3) is 4.46. The van der Waals surface area contributed by atoms with Crippen LogP contribution in [0.2, 0.25) is 0 Å². The van der Waals surface area contributed by atoms with E-state index in [2.05, 4.69) is 5.32 Å². The van der Waals surface area contributed by atoms with E-state index in [1.807, 2.05) is 25.1 Å². The van der Waals surface area contributed by atoms with Crippen LogP contribution in [-0.4, -0.2) is 23.8 Å². The molecule has 6 nitrogen and oxygen atoms in total. The first kappa shape index (κ1) is 19.4. The zero-order valence-corrected chi connectivity index (χ0v) is 15.9. The summed E-state index contributed by atoms with van der Waals surface area (Å²) < 4.78 is 10.7. The summed E-state index contributed by atoms with van der Waals surface area (Å²) in [5.41, 5.74) is 3.44. The highest BCUT2D eigenvalue weighted by molar-refractivity contribution is 5.98. The summed E-state index contributed by atoms with van der Waals surface area (Å²) in [6, 6.07) is 12.3. The molecule has 1 N–H and O–H groups in total. The van der Waals surface area contributed by atoms with Crippen LogP contribution in [0.25, 0.3) is 11.0 Å². The summed E-state index contributed by atoms with van der Waals surface area (Å²) >= 11 is 0. The molecular formula is C22H21NO5. The minimum atomic E-state index is -0.978. The maximum absolute atomic E-state index is 12.3. The number of hydrogen-bond acceptors (Lipinski definition) is 5. The van der Waals surface area contributed by atoms with E-state index < -0.39 is 18.0 Å². The Labute approximate surface area is 162 Å². The van der Waals surface area contributed by atoms with Crippen LogP contribution in [0, 0.1) is 6.92 Å². The maximum atomic E-state index is 12.3. The largest absolute Gasteiger partial charge is 0.464 e. The maximum Gasteiger partial charge on any atom is 0.311 e. The Bertz CT molecular complexity index is 1050. The standard InChI is InChI=1S/C22H21NO5/c1-13-7-8-19-17(12-27-20(19)9-13)11-21(25)28-15(3)22(26)23-18-6-4-5-16(10-18)14(2)24/h4-10,12,15H,11H2,1-3H3,(H,23,26)/t15-/m0/s1. The second-order valence-corrected chi connectivity index (χ2v) is 6.70. The van der Waals surface area contributed by atoms with E-state index in [0.717, 1.165) is 10.9 Å². The molecule has 0 aliphatic carbocycles. The first-order valence-electron chi connectivity index (χ1n) is 8.91. The van der Waals surface area contributed by atoms with Crippen molar-refractivity contribution >= 4 is 34.3 Å². The van der Waals surface area contributed by atoms with Crippen LogP contribution in [0.5, 0.6) is 0 Å². The number of rotatable bonds is 6. The van der Waals surface area contributed by atoms with Gasteiger partial charge in [0, 0.05) is 22.2 Å². The van der Waals surface area contributed by atoms with Crippen molar-refractivity contribution in [3.63, 3.8) is 0 Å². The topological polar surface area (TPSA) is 85.6 Å². The molecule has 144 valence electrons. The molecule has 1 amide bonds. The van der Waals surface area contributed by atoms with Crippen LogP contribution in [0.1, 0.15) is 35.3 Å². The van der Waals surface area contributed by atoms with Crippen molar-refractivity contribution < 1.29 is 23.5 Å². The van der Waals surface area contributed by atoms with Crippen LogP contribution in [0.3, 0.4) is 0 Å². The molecule has 3 rings (SSSR count). The molecular weight excluding hydrogens is 358 g/mol. The van der Waals surface area contributed by atoms with Gasteiger partial charge >= 0.3 is 5.97 Å². The molecule has 6 heteroatoms. The lowest BCUT2D eigenvalue weighted by molar-refractivity contribution is -0.152. The lowest BCUT2D eigenvalue weighted by atomic mass is 10.1. The highest BCUT2D eigenvalue weighted by Crippen LogP contribution is 2.23. The van der Waals surface area contributed by atoms with Crippen LogP contribution >= 0.6 is 0 Å². The number of anilines is 1. The predicted molar refractivity (Wildman–Crippen MR) is 105 cm³/mol. The van der Waals surface area contributed by atoms with Gasteiger partial charge in [-0.25, -0.2) is 0 Å². The summed E-state index contributed by atoms with van der Waals surface area (Å²) in [5, 5.41) is 3.50. The minimum absolute atomic E-state index is 0.00744. The van der Waals surface area contributed by atoms with Gasteiger partial charge in [-0.3, -0.25) is 14.4 Å². The van der Waals surface area contributed by atoms with Gasteiger partial charge < -0.3 is 14.5 Å². The van der Waals surface area contributed by atoms with Crippen molar-refractivity contribution in [2.45, 2.75) is 33.3 Å². The van der Waals surface area contributed by atoms with Gasteiger partial charge in [0.15, 0.2) is 11.9 Å². The molecule has 3 aromatic rings. The minimum Gasteiger partial charge on any atom is -0.464 e. The molecule has 0 saturated carbocycles. The van der Waals surface area contributed by atoms with E-state index in [4.69, 9.17) is 9.15 Å².